The first kappa shape index (κ1) is 23.4. The number of rotatable bonds is 8. The van der Waals surface area contributed by atoms with E-state index in [1.165, 1.54) is 18.3 Å². The summed E-state index contributed by atoms with van der Waals surface area (Å²) >= 11 is 0. The summed E-state index contributed by atoms with van der Waals surface area (Å²) in [5.41, 5.74) is 0.312. The van der Waals surface area contributed by atoms with Crippen LogP contribution in [0.25, 0.3) is 0 Å². The van der Waals surface area contributed by atoms with Crippen LogP contribution in [0.5, 0.6) is 5.88 Å². The van der Waals surface area contributed by atoms with Crippen LogP contribution in [0.15, 0.2) is 18.3 Å². The van der Waals surface area contributed by atoms with Crippen molar-refractivity contribution >= 4 is 18.3 Å². The highest BCUT2D eigenvalue weighted by molar-refractivity contribution is 5.94. The van der Waals surface area contributed by atoms with E-state index < -0.39 is 19.0 Å². The molecule has 10 heteroatoms. The Kier molecular flexibility index (Phi) is 9.25. The maximum absolute atomic E-state index is 12.8. The molecular weight excluding hydrogens is 390 g/mol. The summed E-state index contributed by atoms with van der Waals surface area (Å²) in [6, 6.07) is 2.63. The van der Waals surface area contributed by atoms with Gasteiger partial charge in [0.15, 0.2) is 6.61 Å². The first-order valence-corrected chi connectivity index (χ1v) is 8.52. The molecule has 154 valence electrons. The number of aromatic nitrogens is 1. The zero-order valence-corrected chi connectivity index (χ0v) is 15.8. The van der Waals surface area contributed by atoms with Crippen LogP contribution in [-0.2, 0) is 0 Å². The molecule has 0 bridgehead atoms. The zero-order chi connectivity index (χ0) is 19.2. The van der Waals surface area contributed by atoms with Gasteiger partial charge in [0.25, 0.3) is 5.91 Å². The fourth-order valence-electron chi connectivity index (χ4n) is 2.78. The minimum Gasteiger partial charge on any atom is -0.471 e. The third kappa shape index (κ3) is 6.80. The van der Waals surface area contributed by atoms with E-state index in [0.717, 1.165) is 25.8 Å². The number of likely N-dealkylation sites (tertiary alicyclic amines) is 1. The predicted molar refractivity (Wildman–Crippen MR) is 95.1 cm³/mol. The minimum atomic E-state index is -4.24. The topological polar surface area (TPSA) is 54.5 Å². The molecule has 0 aromatic carbocycles. The average Bonchev–Trinajstić information content (AvgIpc) is 2.65. The number of alkyl halides is 4. The van der Waals surface area contributed by atoms with Gasteiger partial charge >= 0.3 is 12.3 Å². The monoisotopic (exact) mass is 413 g/mol. The number of hydrogen-bond donors (Lipinski definition) is 1. The van der Waals surface area contributed by atoms with Crippen LogP contribution in [0.2, 0.25) is 0 Å². The number of piperidine rings is 1. The molecule has 1 aliphatic rings. The number of amides is 1. The average molecular weight is 414 g/mol. The van der Waals surface area contributed by atoms with Gasteiger partial charge in [-0.3, -0.25) is 4.79 Å². The molecule has 1 aliphatic heterocycles. The molecule has 0 unspecified atom stereocenters. The second-order valence-corrected chi connectivity index (χ2v) is 6.36. The van der Waals surface area contributed by atoms with Crippen LogP contribution in [0, 0.1) is 5.92 Å². The largest absolute Gasteiger partial charge is 0.471 e. The molecule has 0 saturated carbocycles. The van der Waals surface area contributed by atoms with Crippen molar-refractivity contribution in [1.29, 1.82) is 0 Å². The molecule has 0 spiro atoms. The number of halogens is 5. The number of nitrogens with one attached hydrogen (secondary N) is 1. The van der Waals surface area contributed by atoms with Gasteiger partial charge in [0.1, 0.15) is 0 Å². The molecule has 1 N–H and O–H groups in total. The van der Waals surface area contributed by atoms with E-state index in [4.69, 9.17) is 0 Å². The van der Waals surface area contributed by atoms with Crippen molar-refractivity contribution in [3.63, 3.8) is 0 Å². The fourth-order valence-corrected chi connectivity index (χ4v) is 2.78. The third-order valence-corrected chi connectivity index (χ3v) is 4.42. The molecule has 1 saturated heterocycles. The van der Waals surface area contributed by atoms with E-state index in [-0.39, 0.29) is 24.2 Å². The summed E-state index contributed by atoms with van der Waals surface area (Å²) in [5, 5.41) is 3.12. The predicted octanol–water partition coefficient (Wildman–Crippen LogP) is 3.24. The minimum absolute atomic E-state index is 0. The smallest absolute Gasteiger partial charge is 0.340 e. The maximum Gasteiger partial charge on any atom is 0.340 e. The van der Waals surface area contributed by atoms with Crippen molar-refractivity contribution in [2.75, 3.05) is 33.3 Å². The first-order chi connectivity index (χ1) is 12.3. The Morgan fingerprint density at radius 2 is 2.04 bits per heavy atom. The summed E-state index contributed by atoms with van der Waals surface area (Å²) in [6.07, 6.45) is 0.357. The van der Waals surface area contributed by atoms with E-state index in [1.807, 2.05) is 7.05 Å². The van der Waals surface area contributed by atoms with Crippen LogP contribution in [-0.4, -0.2) is 61.4 Å². The lowest BCUT2D eigenvalue weighted by Gasteiger charge is -2.32. The van der Waals surface area contributed by atoms with Crippen LogP contribution in [0.1, 0.15) is 29.6 Å². The van der Waals surface area contributed by atoms with Crippen molar-refractivity contribution in [2.24, 2.45) is 5.92 Å². The maximum atomic E-state index is 12.8. The molecule has 2 rings (SSSR count). The molecular formula is C17H24ClF4N3O2. The van der Waals surface area contributed by atoms with Crippen molar-refractivity contribution in [1.82, 2.24) is 15.2 Å². The highest BCUT2D eigenvalue weighted by Crippen LogP contribution is 2.24. The molecule has 1 aromatic heterocycles. The van der Waals surface area contributed by atoms with Gasteiger partial charge in [0, 0.05) is 25.4 Å². The highest BCUT2D eigenvalue weighted by Gasteiger charge is 2.41. The number of ether oxygens (including phenoxy) is 1. The van der Waals surface area contributed by atoms with Gasteiger partial charge in [-0.1, -0.05) is 0 Å². The Morgan fingerprint density at radius 3 is 2.56 bits per heavy atom. The molecule has 2 heterocycles. The van der Waals surface area contributed by atoms with Gasteiger partial charge in [-0.25, -0.2) is 13.8 Å². The molecule has 5 nitrogen and oxygen atoms in total. The summed E-state index contributed by atoms with van der Waals surface area (Å²) < 4.78 is 54.4. The number of carbonyl (C=O) groups is 1. The van der Waals surface area contributed by atoms with E-state index in [2.05, 4.69) is 15.0 Å². The van der Waals surface area contributed by atoms with Gasteiger partial charge in [-0.15, -0.1) is 12.4 Å². The quantitative estimate of drug-likeness (QED) is 0.665. The van der Waals surface area contributed by atoms with E-state index >= 15 is 0 Å². The van der Waals surface area contributed by atoms with Gasteiger partial charge in [-0.05, 0) is 44.8 Å². The standard InChI is InChI=1S/C17H23F4N3O2.ClH/c1-22-7-4-12-5-8-24(9-6-12)15(25)13-2-3-14(23-10-13)26-11-17(20,21)16(18)19;/h2-3,10,12,16,22H,4-9,11H2,1H3;1H. The van der Waals surface area contributed by atoms with Crippen LogP contribution >= 0.6 is 12.4 Å². The number of carbonyl (C=O) groups excluding carboxylic acids is 1. The first-order valence-electron chi connectivity index (χ1n) is 8.52. The summed E-state index contributed by atoms with van der Waals surface area (Å²) in [5.74, 6) is -4.06. The lowest BCUT2D eigenvalue weighted by atomic mass is 9.93. The second kappa shape index (κ2) is 10.7. The fraction of sp³-hybridized carbons (Fsp3) is 0.647. The van der Waals surface area contributed by atoms with Crippen molar-refractivity contribution in [3.8, 4) is 5.88 Å². The van der Waals surface area contributed by atoms with Gasteiger partial charge in [-0.2, -0.15) is 8.78 Å². The second-order valence-electron chi connectivity index (χ2n) is 6.36. The summed E-state index contributed by atoms with van der Waals surface area (Å²) in [7, 11) is 1.91. The Morgan fingerprint density at radius 1 is 1.37 bits per heavy atom. The van der Waals surface area contributed by atoms with E-state index in [1.54, 1.807) is 4.90 Å². The zero-order valence-electron chi connectivity index (χ0n) is 15.0. The third-order valence-electron chi connectivity index (χ3n) is 4.42. The van der Waals surface area contributed by atoms with Crippen molar-refractivity contribution in [2.45, 2.75) is 31.6 Å². The molecule has 27 heavy (non-hydrogen) atoms. The Hall–Kier alpha value is -1.61. The van der Waals surface area contributed by atoms with Gasteiger partial charge in [0.2, 0.25) is 5.88 Å². The highest BCUT2D eigenvalue weighted by atomic mass is 35.5. The Labute approximate surface area is 161 Å². The summed E-state index contributed by atoms with van der Waals surface area (Å²) in [6.45, 7) is 0.803. The molecule has 1 amide bonds. The number of nitrogens with zero attached hydrogens (tertiary/aromatic N) is 2. The van der Waals surface area contributed by atoms with Crippen LogP contribution in [0.3, 0.4) is 0 Å². The van der Waals surface area contributed by atoms with Gasteiger partial charge in [0.05, 0.1) is 5.56 Å². The molecule has 1 aromatic rings. The molecule has 0 atom stereocenters. The van der Waals surface area contributed by atoms with Crippen LogP contribution in [0.4, 0.5) is 17.6 Å². The van der Waals surface area contributed by atoms with Crippen molar-refractivity contribution < 1.29 is 27.1 Å². The van der Waals surface area contributed by atoms with Gasteiger partial charge < -0.3 is 15.0 Å². The number of hydrogen-bond acceptors (Lipinski definition) is 4. The Balaban J connectivity index is 0.00000364. The Bertz CT molecular complexity index is 582. The van der Waals surface area contributed by atoms with Crippen LogP contribution < -0.4 is 10.1 Å². The van der Waals surface area contributed by atoms with Crippen molar-refractivity contribution in [3.05, 3.63) is 23.9 Å². The molecule has 0 aliphatic carbocycles. The van der Waals surface area contributed by atoms with E-state index in [0.29, 0.717) is 24.6 Å². The lowest BCUT2D eigenvalue weighted by Crippen LogP contribution is -2.39. The lowest BCUT2D eigenvalue weighted by molar-refractivity contribution is -0.148. The molecule has 1 fully saturated rings. The SMILES string of the molecule is CNCCC1CCN(C(=O)c2ccc(OCC(F)(F)C(F)F)nc2)CC1.Cl. The normalized spacial score (nSPS) is 15.6. The summed E-state index contributed by atoms with van der Waals surface area (Å²) in [4.78, 5) is 17.9. The molecule has 0 radical (unpaired) electrons. The van der Waals surface area contributed by atoms with E-state index in [9.17, 15) is 22.4 Å². The number of pyridine rings is 1.